The van der Waals surface area contributed by atoms with E-state index in [-0.39, 0.29) is 0 Å². The van der Waals surface area contributed by atoms with E-state index < -0.39 is 0 Å². The monoisotopic (exact) mass is 301 g/mol. The van der Waals surface area contributed by atoms with Crippen LogP contribution in [0.25, 0.3) is 0 Å². The molecule has 2 aliphatic rings. The Bertz CT molecular complexity index is 428. The van der Waals surface area contributed by atoms with Crippen molar-refractivity contribution >= 4 is 5.69 Å². The number of nitrogens with zero attached hydrogens (tertiary/aromatic N) is 2. The maximum absolute atomic E-state index is 3.66. The van der Waals surface area contributed by atoms with E-state index in [2.05, 4.69) is 46.4 Å². The Labute approximate surface area is 135 Å². The first-order valence-electron chi connectivity index (χ1n) is 9.04. The molecule has 1 heterocycles. The van der Waals surface area contributed by atoms with Crippen molar-refractivity contribution in [1.29, 1.82) is 0 Å². The first kappa shape index (κ1) is 15.8. The molecular formula is C19H31N3. The van der Waals surface area contributed by atoms with Gasteiger partial charge in [0, 0.05) is 38.4 Å². The molecule has 1 aliphatic carbocycles. The largest absolute Gasteiger partial charge is 0.369 e. The van der Waals surface area contributed by atoms with Gasteiger partial charge < -0.3 is 15.1 Å². The smallest absolute Gasteiger partial charge is 0.0367 e. The fraction of sp³-hybridized carbons (Fsp3) is 0.684. The molecule has 0 unspecified atom stereocenters. The maximum Gasteiger partial charge on any atom is 0.0367 e. The zero-order chi connectivity index (χ0) is 15.2. The molecule has 1 saturated heterocycles. The number of hydrogen-bond donors (Lipinski definition) is 1. The van der Waals surface area contributed by atoms with Gasteiger partial charge in [0.2, 0.25) is 0 Å². The summed E-state index contributed by atoms with van der Waals surface area (Å²) >= 11 is 0. The van der Waals surface area contributed by atoms with Crippen molar-refractivity contribution in [3.8, 4) is 0 Å². The van der Waals surface area contributed by atoms with E-state index in [0.717, 1.165) is 25.6 Å². The predicted octanol–water partition coefficient (Wildman–Crippen LogP) is 3.11. The van der Waals surface area contributed by atoms with Gasteiger partial charge in [0.1, 0.15) is 0 Å². The van der Waals surface area contributed by atoms with Gasteiger partial charge in [-0.25, -0.2) is 0 Å². The van der Waals surface area contributed by atoms with Crippen LogP contribution in [0.1, 0.15) is 37.7 Å². The highest BCUT2D eigenvalue weighted by Crippen LogP contribution is 2.23. The summed E-state index contributed by atoms with van der Waals surface area (Å²) in [7, 11) is 2.21. The molecule has 1 aromatic rings. The van der Waals surface area contributed by atoms with Gasteiger partial charge in [0.25, 0.3) is 0 Å². The number of rotatable bonds is 5. The summed E-state index contributed by atoms with van der Waals surface area (Å²) in [6, 6.07) is 9.18. The zero-order valence-electron chi connectivity index (χ0n) is 14.1. The molecule has 3 rings (SSSR count). The minimum absolute atomic E-state index is 0.915. The minimum atomic E-state index is 0.915. The summed E-state index contributed by atoms with van der Waals surface area (Å²) in [5, 5.41) is 3.66. The molecule has 1 aliphatic heterocycles. The minimum Gasteiger partial charge on any atom is -0.369 e. The highest BCUT2D eigenvalue weighted by Gasteiger charge is 2.14. The first-order chi connectivity index (χ1) is 10.8. The number of hydrogen-bond acceptors (Lipinski definition) is 3. The summed E-state index contributed by atoms with van der Waals surface area (Å²) in [4.78, 5) is 4.90. The average Bonchev–Trinajstić information content (AvgIpc) is 2.57. The lowest BCUT2D eigenvalue weighted by atomic mass is 9.89. The topological polar surface area (TPSA) is 18.5 Å². The molecule has 0 aromatic heterocycles. The Morgan fingerprint density at radius 3 is 2.32 bits per heavy atom. The van der Waals surface area contributed by atoms with Gasteiger partial charge in [-0.1, -0.05) is 31.4 Å². The van der Waals surface area contributed by atoms with Crippen molar-refractivity contribution in [3.63, 3.8) is 0 Å². The summed E-state index contributed by atoms with van der Waals surface area (Å²) < 4.78 is 0. The number of anilines is 1. The number of piperazine rings is 1. The van der Waals surface area contributed by atoms with Crippen molar-refractivity contribution < 1.29 is 0 Å². The van der Waals surface area contributed by atoms with Crippen molar-refractivity contribution in [2.75, 3.05) is 44.7 Å². The Hall–Kier alpha value is -1.06. The molecule has 0 bridgehead atoms. The Morgan fingerprint density at radius 1 is 0.955 bits per heavy atom. The third-order valence-electron chi connectivity index (χ3n) is 5.29. The van der Waals surface area contributed by atoms with Crippen LogP contribution in [-0.2, 0) is 6.54 Å². The maximum atomic E-state index is 3.66. The van der Waals surface area contributed by atoms with Crippen LogP contribution in [0.4, 0.5) is 5.69 Å². The second-order valence-corrected chi connectivity index (χ2v) is 7.09. The molecule has 3 nitrogen and oxygen atoms in total. The number of nitrogens with one attached hydrogen (secondary N) is 1. The third-order valence-corrected chi connectivity index (χ3v) is 5.29. The number of benzene rings is 1. The highest BCUT2D eigenvalue weighted by atomic mass is 15.2. The molecule has 0 radical (unpaired) electrons. The lowest BCUT2D eigenvalue weighted by Crippen LogP contribution is -2.44. The normalized spacial score (nSPS) is 21.2. The van der Waals surface area contributed by atoms with E-state index in [9.17, 15) is 0 Å². The second-order valence-electron chi connectivity index (χ2n) is 7.09. The molecule has 3 heteroatoms. The third kappa shape index (κ3) is 4.47. The van der Waals surface area contributed by atoms with Crippen molar-refractivity contribution in [2.24, 2.45) is 5.92 Å². The predicted molar refractivity (Wildman–Crippen MR) is 94.4 cm³/mol. The molecule has 0 atom stereocenters. The molecule has 2 fully saturated rings. The van der Waals surface area contributed by atoms with E-state index in [1.54, 1.807) is 0 Å². The van der Waals surface area contributed by atoms with Crippen LogP contribution in [0.2, 0.25) is 0 Å². The Morgan fingerprint density at radius 2 is 1.64 bits per heavy atom. The molecule has 0 amide bonds. The van der Waals surface area contributed by atoms with E-state index in [1.165, 1.54) is 63.0 Å². The van der Waals surface area contributed by atoms with Crippen molar-refractivity contribution in [3.05, 3.63) is 29.8 Å². The van der Waals surface area contributed by atoms with E-state index in [1.807, 2.05) is 0 Å². The van der Waals surface area contributed by atoms with Crippen LogP contribution < -0.4 is 10.2 Å². The molecule has 1 saturated carbocycles. The van der Waals surface area contributed by atoms with Crippen LogP contribution in [0.3, 0.4) is 0 Å². The van der Waals surface area contributed by atoms with Crippen LogP contribution in [-0.4, -0.2) is 44.7 Å². The average molecular weight is 301 g/mol. The molecular weight excluding hydrogens is 270 g/mol. The van der Waals surface area contributed by atoms with Gasteiger partial charge in [0.15, 0.2) is 0 Å². The van der Waals surface area contributed by atoms with Crippen molar-refractivity contribution in [2.45, 2.75) is 38.6 Å². The zero-order valence-corrected chi connectivity index (χ0v) is 14.1. The van der Waals surface area contributed by atoms with Crippen LogP contribution in [0.5, 0.6) is 0 Å². The highest BCUT2D eigenvalue weighted by molar-refractivity contribution is 5.48. The summed E-state index contributed by atoms with van der Waals surface area (Å²) in [6.45, 7) is 6.85. The van der Waals surface area contributed by atoms with E-state index in [0.29, 0.717) is 0 Å². The lowest BCUT2D eigenvalue weighted by molar-refractivity contribution is 0.313. The molecule has 1 N–H and O–H groups in total. The first-order valence-corrected chi connectivity index (χ1v) is 9.04. The van der Waals surface area contributed by atoms with Gasteiger partial charge in [-0.3, -0.25) is 0 Å². The van der Waals surface area contributed by atoms with Gasteiger partial charge >= 0.3 is 0 Å². The Balaban J connectivity index is 1.43. The van der Waals surface area contributed by atoms with Crippen LogP contribution in [0.15, 0.2) is 24.3 Å². The molecule has 1 aromatic carbocycles. The Kier molecular flexibility index (Phi) is 5.74. The van der Waals surface area contributed by atoms with E-state index in [4.69, 9.17) is 0 Å². The van der Waals surface area contributed by atoms with Gasteiger partial charge in [0.05, 0.1) is 0 Å². The van der Waals surface area contributed by atoms with Crippen molar-refractivity contribution in [1.82, 2.24) is 10.2 Å². The molecule has 122 valence electrons. The van der Waals surface area contributed by atoms with E-state index >= 15 is 0 Å². The molecule has 0 spiro atoms. The summed E-state index contributed by atoms with van der Waals surface area (Å²) in [6.07, 6.45) is 7.17. The molecule has 22 heavy (non-hydrogen) atoms. The van der Waals surface area contributed by atoms with Gasteiger partial charge in [-0.05, 0) is 50.0 Å². The second kappa shape index (κ2) is 7.98. The number of likely N-dealkylation sites (N-methyl/N-ethyl adjacent to an activating group) is 1. The quantitative estimate of drug-likeness (QED) is 0.901. The van der Waals surface area contributed by atoms with Crippen LogP contribution in [0, 0.1) is 5.92 Å². The summed E-state index contributed by atoms with van der Waals surface area (Å²) in [5.41, 5.74) is 2.79. The lowest BCUT2D eigenvalue weighted by Gasteiger charge is -2.34. The summed E-state index contributed by atoms with van der Waals surface area (Å²) in [5.74, 6) is 0.915. The van der Waals surface area contributed by atoms with Gasteiger partial charge in [-0.15, -0.1) is 0 Å². The van der Waals surface area contributed by atoms with Gasteiger partial charge in [-0.2, -0.15) is 0 Å². The fourth-order valence-corrected chi connectivity index (χ4v) is 3.70. The standard InChI is InChI=1S/C19H31N3/c1-21-11-13-22(14-12-21)19-9-7-18(8-10-19)16-20-15-17-5-3-2-4-6-17/h7-10,17,20H,2-6,11-16H2,1H3. The SMILES string of the molecule is CN1CCN(c2ccc(CNCC3CCCCC3)cc2)CC1. The van der Waals surface area contributed by atoms with Crippen LogP contribution >= 0.6 is 0 Å². The fourth-order valence-electron chi connectivity index (χ4n) is 3.70.